The predicted molar refractivity (Wildman–Crippen MR) is 80.5 cm³/mol. The molecule has 1 fully saturated rings. The topological polar surface area (TPSA) is 76.1 Å². The lowest BCUT2D eigenvalue weighted by Gasteiger charge is -2.31. The second kappa shape index (κ2) is 6.98. The zero-order valence-electron chi connectivity index (χ0n) is 12.4. The van der Waals surface area contributed by atoms with Crippen LogP contribution < -0.4 is 4.74 Å². The molecule has 1 aliphatic heterocycles. The van der Waals surface area contributed by atoms with Crippen LogP contribution in [0.4, 0.5) is 0 Å². The fraction of sp³-hybridized carbons (Fsp3) is 0.467. The van der Waals surface area contributed by atoms with Crippen molar-refractivity contribution in [3.05, 3.63) is 28.8 Å². The SMILES string of the molecule is CC(C)Oc1ccc(Cl)cc1C(=O)N1CCO[C@H](C(=O)O)C1. The van der Waals surface area contributed by atoms with Crippen molar-refractivity contribution in [3.63, 3.8) is 0 Å². The Hall–Kier alpha value is -1.79. The summed E-state index contributed by atoms with van der Waals surface area (Å²) in [6, 6.07) is 4.83. The van der Waals surface area contributed by atoms with Gasteiger partial charge in [0, 0.05) is 11.6 Å². The van der Waals surface area contributed by atoms with Crippen LogP contribution in [0, 0.1) is 0 Å². The first kappa shape index (κ1) is 16.6. The molecule has 0 bridgehead atoms. The maximum absolute atomic E-state index is 12.7. The van der Waals surface area contributed by atoms with Gasteiger partial charge in [-0.05, 0) is 32.0 Å². The van der Waals surface area contributed by atoms with Gasteiger partial charge in [-0.1, -0.05) is 11.6 Å². The van der Waals surface area contributed by atoms with Crippen molar-refractivity contribution in [3.8, 4) is 5.75 Å². The smallest absolute Gasteiger partial charge is 0.334 e. The van der Waals surface area contributed by atoms with E-state index in [1.165, 1.54) is 11.0 Å². The number of morpholine rings is 1. The van der Waals surface area contributed by atoms with Crippen LogP contribution in [0.25, 0.3) is 0 Å². The average molecular weight is 328 g/mol. The standard InChI is InChI=1S/C15H18ClNO5/c1-9(2)22-12-4-3-10(16)7-11(12)14(18)17-5-6-21-13(8-17)15(19)20/h3-4,7,9,13H,5-6,8H2,1-2H3,(H,19,20)/t13-/m0/s1. The van der Waals surface area contributed by atoms with Crippen molar-refractivity contribution in [1.29, 1.82) is 0 Å². The summed E-state index contributed by atoms with van der Waals surface area (Å²) in [5.41, 5.74) is 0.326. The highest BCUT2D eigenvalue weighted by atomic mass is 35.5. The molecule has 0 spiro atoms. The molecule has 22 heavy (non-hydrogen) atoms. The number of amides is 1. The van der Waals surface area contributed by atoms with E-state index < -0.39 is 12.1 Å². The van der Waals surface area contributed by atoms with Crippen molar-refractivity contribution in [1.82, 2.24) is 4.90 Å². The molecule has 0 aromatic heterocycles. The van der Waals surface area contributed by atoms with Gasteiger partial charge in [-0.15, -0.1) is 0 Å². The number of ether oxygens (including phenoxy) is 2. The van der Waals surface area contributed by atoms with Crippen LogP contribution in [0.2, 0.25) is 5.02 Å². The highest BCUT2D eigenvalue weighted by Gasteiger charge is 2.30. The third kappa shape index (κ3) is 3.90. The number of rotatable bonds is 4. The number of hydrogen-bond acceptors (Lipinski definition) is 4. The lowest BCUT2D eigenvalue weighted by Crippen LogP contribution is -2.48. The summed E-state index contributed by atoms with van der Waals surface area (Å²) in [7, 11) is 0. The van der Waals surface area contributed by atoms with Gasteiger partial charge in [0.15, 0.2) is 6.10 Å². The van der Waals surface area contributed by atoms with Crippen LogP contribution in [0.1, 0.15) is 24.2 Å². The van der Waals surface area contributed by atoms with Crippen LogP contribution in [0.3, 0.4) is 0 Å². The van der Waals surface area contributed by atoms with Crippen LogP contribution in [0.5, 0.6) is 5.75 Å². The molecule has 7 heteroatoms. The number of carboxylic acid groups (broad SMARTS) is 1. The fourth-order valence-corrected chi connectivity index (χ4v) is 2.35. The molecule has 1 saturated heterocycles. The molecule has 1 N–H and O–H groups in total. The van der Waals surface area contributed by atoms with Gasteiger partial charge >= 0.3 is 5.97 Å². The van der Waals surface area contributed by atoms with E-state index in [0.717, 1.165) is 0 Å². The zero-order valence-corrected chi connectivity index (χ0v) is 13.2. The monoisotopic (exact) mass is 327 g/mol. The Balaban J connectivity index is 2.24. The van der Waals surface area contributed by atoms with Crippen LogP contribution >= 0.6 is 11.6 Å². The lowest BCUT2D eigenvalue weighted by molar-refractivity contribution is -0.154. The first-order valence-corrected chi connectivity index (χ1v) is 7.36. The van der Waals surface area contributed by atoms with Gasteiger partial charge in [0.25, 0.3) is 5.91 Å². The van der Waals surface area contributed by atoms with Crippen LogP contribution in [-0.2, 0) is 9.53 Å². The van der Waals surface area contributed by atoms with Gasteiger partial charge in [-0.2, -0.15) is 0 Å². The zero-order chi connectivity index (χ0) is 16.3. The molecule has 1 amide bonds. The summed E-state index contributed by atoms with van der Waals surface area (Å²) >= 11 is 5.97. The minimum Gasteiger partial charge on any atom is -0.490 e. The Morgan fingerprint density at radius 2 is 2.18 bits per heavy atom. The number of nitrogens with zero attached hydrogens (tertiary/aromatic N) is 1. The molecule has 1 aromatic carbocycles. The summed E-state index contributed by atoms with van der Waals surface area (Å²) in [4.78, 5) is 25.1. The molecule has 0 saturated carbocycles. The minimum absolute atomic E-state index is 0.00178. The third-order valence-corrected chi connectivity index (χ3v) is 3.40. The molecule has 1 aliphatic rings. The van der Waals surface area contributed by atoms with Crippen molar-refractivity contribution >= 4 is 23.5 Å². The Kier molecular flexibility index (Phi) is 5.26. The normalized spacial score (nSPS) is 18.4. The first-order chi connectivity index (χ1) is 10.4. The second-order valence-electron chi connectivity index (χ2n) is 5.26. The Labute approximate surface area is 133 Å². The number of hydrogen-bond donors (Lipinski definition) is 1. The van der Waals surface area contributed by atoms with Gasteiger partial charge in [0.1, 0.15) is 5.75 Å². The largest absolute Gasteiger partial charge is 0.490 e. The number of carbonyl (C=O) groups excluding carboxylic acids is 1. The molecule has 1 heterocycles. The van der Waals surface area contributed by atoms with E-state index in [-0.39, 0.29) is 25.2 Å². The van der Waals surface area contributed by atoms with Gasteiger partial charge in [0.05, 0.1) is 24.8 Å². The Morgan fingerprint density at radius 1 is 1.45 bits per heavy atom. The minimum atomic E-state index is -1.08. The van der Waals surface area contributed by atoms with E-state index in [4.69, 9.17) is 26.2 Å². The average Bonchev–Trinajstić information content (AvgIpc) is 2.48. The van der Waals surface area contributed by atoms with Crippen LogP contribution in [0.15, 0.2) is 18.2 Å². The number of carbonyl (C=O) groups is 2. The highest BCUT2D eigenvalue weighted by Crippen LogP contribution is 2.26. The summed E-state index contributed by atoms with van der Waals surface area (Å²) in [5.74, 6) is -0.960. The molecule has 6 nitrogen and oxygen atoms in total. The number of aliphatic carboxylic acids is 1. The second-order valence-corrected chi connectivity index (χ2v) is 5.69. The molecule has 0 aliphatic carbocycles. The molecule has 2 rings (SSSR count). The van der Waals surface area contributed by atoms with E-state index in [1.807, 2.05) is 13.8 Å². The van der Waals surface area contributed by atoms with Gasteiger partial charge < -0.3 is 19.5 Å². The predicted octanol–water partition coefficient (Wildman–Crippen LogP) is 2.05. The maximum atomic E-state index is 12.7. The van der Waals surface area contributed by atoms with E-state index in [9.17, 15) is 9.59 Å². The number of carboxylic acids is 1. The number of halogens is 1. The quantitative estimate of drug-likeness (QED) is 0.916. The molecule has 0 radical (unpaired) electrons. The van der Waals surface area contributed by atoms with E-state index in [0.29, 0.717) is 22.9 Å². The van der Waals surface area contributed by atoms with E-state index in [1.54, 1.807) is 12.1 Å². The van der Waals surface area contributed by atoms with Crippen LogP contribution in [-0.4, -0.2) is 53.8 Å². The summed E-state index contributed by atoms with van der Waals surface area (Å²) in [6.07, 6.45) is -1.10. The summed E-state index contributed by atoms with van der Waals surface area (Å²) < 4.78 is 10.8. The third-order valence-electron chi connectivity index (χ3n) is 3.16. The van der Waals surface area contributed by atoms with Crippen molar-refractivity contribution in [2.24, 2.45) is 0 Å². The molecular weight excluding hydrogens is 310 g/mol. The van der Waals surface area contributed by atoms with Gasteiger partial charge in [-0.3, -0.25) is 4.79 Å². The molecular formula is C15H18ClNO5. The van der Waals surface area contributed by atoms with Crippen molar-refractivity contribution < 1.29 is 24.2 Å². The van der Waals surface area contributed by atoms with E-state index in [2.05, 4.69) is 0 Å². The fourth-order valence-electron chi connectivity index (χ4n) is 2.18. The maximum Gasteiger partial charge on any atom is 0.334 e. The molecule has 1 atom stereocenters. The molecule has 1 aromatic rings. The lowest BCUT2D eigenvalue weighted by atomic mass is 10.1. The molecule has 0 unspecified atom stereocenters. The first-order valence-electron chi connectivity index (χ1n) is 6.98. The highest BCUT2D eigenvalue weighted by molar-refractivity contribution is 6.31. The van der Waals surface area contributed by atoms with E-state index >= 15 is 0 Å². The van der Waals surface area contributed by atoms with Crippen molar-refractivity contribution in [2.75, 3.05) is 19.7 Å². The van der Waals surface area contributed by atoms with Gasteiger partial charge in [-0.25, -0.2) is 4.79 Å². The summed E-state index contributed by atoms with van der Waals surface area (Å²) in [6.45, 7) is 4.23. The Bertz CT molecular complexity index is 575. The Morgan fingerprint density at radius 3 is 2.82 bits per heavy atom. The molecule has 120 valence electrons. The van der Waals surface area contributed by atoms with Gasteiger partial charge in [0.2, 0.25) is 0 Å². The summed E-state index contributed by atoms with van der Waals surface area (Å²) in [5, 5.41) is 9.44. The van der Waals surface area contributed by atoms with Crippen molar-refractivity contribution in [2.45, 2.75) is 26.1 Å². The number of benzene rings is 1.